The van der Waals surface area contributed by atoms with Crippen LogP contribution in [0.1, 0.15) is 0 Å². The van der Waals surface area contributed by atoms with Crippen molar-refractivity contribution in [2.75, 3.05) is 4.72 Å². The number of sulfonamides is 2. The molecule has 118 valence electrons. The van der Waals surface area contributed by atoms with Crippen LogP contribution in [0.3, 0.4) is 0 Å². The number of halogens is 2. The highest BCUT2D eigenvalue weighted by molar-refractivity contribution is 7.92. The van der Waals surface area contributed by atoms with E-state index in [9.17, 15) is 25.6 Å². The van der Waals surface area contributed by atoms with E-state index >= 15 is 0 Å². The van der Waals surface area contributed by atoms with Crippen LogP contribution in [-0.4, -0.2) is 16.8 Å². The second kappa shape index (κ2) is 5.63. The van der Waals surface area contributed by atoms with Gasteiger partial charge in [0, 0.05) is 0 Å². The van der Waals surface area contributed by atoms with Crippen molar-refractivity contribution in [3.63, 3.8) is 0 Å². The number of nitrogens with two attached hydrogens (primary N) is 1. The number of primary sulfonamides is 1. The molecule has 10 heteroatoms. The molecule has 0 atom stereocenters. The summed E-state index contributed by atoms with van der Waals surface area (Å²) in [5.74, 6) is -2.54. The lowest BCUT2D eigenvalue weighted by molar-refractivity contribution is 0.521. The minimum atomic E-state index is -4.57. The number of hydrogen-bond donors (Lipinski definition) is 2. The normalized spacial score (nSPS) is 12.1. The Kier molecular flexibility index (Phi) is 4.18. The molecule has 2 aromatic rings. The van der Waals surface area contributed by atoms with E-state index in [1.54, 1.807) is 0 Å². The third kappa shape index (κ3) is 3.40. The lowest BCUT2D eigenvalue weighted by atomic mass is 10.3. The van der Waals surface area contributed by atoms with Gasteiger partial charge < -0.3 is 0 Å². The number of nitrogens with one attached hydrogen (secondary N) is 1. The first-order valence-corrected chi connectivity index (χ1v) is 8.74. The third-order valence-electron chi connectivity index (χ3n) is 2.60. The smallest absolute Gasteiger partial charge is 0.267 e. The first-order chi connectivity index (χ1) is 10.1. The molecule has 0 aliphatic rings. The van der Waals surface area contributed by atoms with Crippen molar-refractivity contribution < 1.29 is 25.6 Å². The standard InChI is InChI=1S/C12H10F2N2O4S2/c13-10-5-2-6-11(14)12(10)22(19,20)16-8-3-1-4-9(7-8)21(15,17)18/h1-7,16H,(H2,15,17,18). The van der Waals surface area contributed by atoms with Crippen LogP contribution in [0.15, 0.2) is 52.3 Å². The van der Waals surface area contributed by atoms with Gasteiger partial charge in [-0.2, -0.15) is 0 Å². The molecule has 0 unspecified atom stereocenters. The fourth-order valence-electron chi connectivity index (χ4n) is 1.68. The van der Waals surface area contributed by atoms with Gasteiger partial charge in [-0.05, 0) is 30.3 Å². The zero-order valence-corrected chi connectivity index (χ0v) is 12.5. The summed E-state index contributed by atoms with van der Waals surface area (Å²) >= 11 is 0. The maximum atomic E-state index is 13.5. The summed E-state index contributed by atoms with van der Waals surface area (Å²) in [4.78, 5) is -1.50. The van der Waals surface area contributed by atoms with E-state index in [1.807, 2.05) is 4.72 Å². The average Bonchev–Trinajstić information content (AvgIpc) is 2.36. The van der Waals surface area contributed by atoms with Gasteiger partial charge in [-0.15, -0.1) is 0 Å². The van der Waals surface area contributed by atoms with Gasteiger partial charge in [0.15, 0.2) is 4.90 Å². The molecular weight excluding hydrogens is 338 g/mol. The highest BCUT2D eigenvalue weighted by Crippen LogP contribution is 2.22. The molecule has 0 aromatic heterocycles. The Morgan fingerprint density at radius 2 is 1.45 bits per heavy atom. The fourth-order valence-corrected chi connectivity index (χ4v) is 3.43. The molecular formula is C12H10F2N2O4S2. The van der Waals surface area contributed by atoms with Gasteiger partial charge in [0.05, 0.1) is 10.6 Å². The first kappa shape index (κ1) is 16.3. The predicted molar refractivity (Wildman–Crippen MR) is 75.0 cm³/mol. The van der Waals surface area contributed by atoms with Crippen molar-refractivity contribution in [2.45, 2.75) is 9.79 Å². The SMILES string of the molecule is NS(=O)(=O)c1cccc(NS(=O)(=O)c2c(F)cccc2F)c1. The van der Waals surface area contributed by atoms with Gasteiger partial charge >= 0.3 is 0 Å². The molecule has 2 aromatic carbocycles. The van der Waals surface area contributed by atoms with Crippen molar-refractivity contribution >= 4 is 25.7 Å². The van der Waals surface area contributed by atoms with Crippen LogP contribution in [0.25, 0.3) is 0 Å². The molecule has 0 aliphatic heterocycles. The zero-order valence-electron chi connectivity index (χ0n) is 10.8. The predicted octanol–water partition coefficient (Wildman–Crippen LogP) is 1.41. The van der Waals surface area contributed by atoms with E-state index in [2.05, 4.69) is 0 Å². The molecule has 0 heterocycles. The third-order valence-corrected chi connectivity index (χ3v) is 4.95. The van der Waals surface area contributed by atoms with Crippen LogP contribution in [0, 0.1) is 11.6 Å². The van der Waals surface area contributed by atoms with E-state index in [0.717, 1.165) is 30.3 Å². The highest BCUT2D eigenvalue weighted by atomic mass is 32.2. The number of anilines is 1. The van der Waals surface area contributed by atoms with Gasteiger partial charge in [0.1, 0.15) is 11.6 Å². The van der Waals surface area contributed by atoms with E-state index in [1.165, 1.54) is 12.1 Å². The molecule has 0 fully saturated rings. The Balaban J connectivity index is 2.46. The van der Waals surface area contributed by atoms with Crippen LogP contribution < -0.4 is 9.86 Å². The molecule has 0 amide bonds. The van der Waals surface area contributed by atoms with Gasteiger partial charge in [-0.3, -0.25) is 4.72 Å². The summed E-state index contributed by atoms with van der Waals surface area (Å²) in [7, 11) is -8.62. The minimum Gasteiger partial charge on any atom is -0.279 e. The quantitative estimate of drug-likeness (QED) is 0.871. The Morgan fingerprint density at radius 1 is 0.909 bits per heavy atom. The van der Waals surface area contributed by atoms with Crippen molar-refractivity contribution in [2.24, 2.45) is 5.14 Å². The van der Waals surface area contributed by atoms with Gasteiger partial charge in [-0.1, -0.05) is 12.1 Å². The molecule has 0 spiro atoms. The Morgan fingerprint density at radius 3 is 2.00 bits per heavy atom. The van der Waals surface area contributed by atoms with Crippen LogP contribution in [0.5, 0.6) is 0 Å². The number of rotatable bonds is 4. The highest BCUT2D eigenvalue weighted by Gasteiger charge is 2.24. The summed E-state index contributed by atoms with van der Waals surface area (Å²) in [6.45, 7) is 0. The fraction of sp³-hybridized carbons (Fsp3) is 0. The number of benzene rings is 2. The molecule has 22 heavy (non-hydrogen) atoms. The average molecular weight is 348 g/mol. The first-order valence-electron chi connectivity index (χ1n) is 5.71. The lowest BCUT2D eigenvalue weighted by Crippen LogP contribution is -2.17. The topological polar surface area (TPSA) is 106 Å². The van der Waals surface area contributed by atoms with Gasteiger partial charge in [-0.25, -0.2) is 30.8 Å². The molecule has 6 nitrogen and oxygen atoms in total. The number of hydrogen-bond acceptors (Lipinski definition) is 4. The zero-order chi connectivity index (χ0) is 16.5. The summed E-state index contributed by atoms with van der Waals surface area (Å²) in [6, 6.07) is 7.13. The molecule has 3 N–H and O–H groups in total. The van der Waals surface area contributed by atoms with E-state index in [0.29, 0.717) is 0 Å². The second-order valence-corrected chi connectivity index (χ2v) is 7.41. The molecule has 0 saturated carbocycles. The van der Waals surface area contributed by atoms with E-state index in [-0.39, 0.29) is 10.6 Å². The minimum absolute atomic E-state index is 0.200. The molecule has 0 radical (unpaired) electrons. The Bertz CT molecular complexity index is 908. The Hall–Kier alpha value is -2.04. The monoisotopic (exact) mass is 348 g/mol. The van der Waals surface area contributed by atoms with Crippen molar-refractivity contribution in [3.05, 3.63) is 54.1 Å². The van der Waals surface area contributed by atoms with Crippen LogP contribution in [-0.2, 0) is 20.0 Å². The van der Waals surface area contributed by atoms with E-state index < -0.39 is 36.6 Å². The second-order valence-electron chi connectivity index (χ2n) is 4.23. The largest absolute Gasteiger partial charge is 0.279 e. The van der Waals surface area contributed by atoms with Gasteiger partial charge in [0.2, 0.25) is 10.0 Å². The maximum absolute atomic E-state index is 13.5. The summed E-state index contributed by atoms with van der Waals surface area (Å²) in [6.07, 6.45) is 0. The van der Waals surface area contributed by atoms with Crippen molar-refractivity contribution in [1.29, 1.82) is 0 Å². The van der Waals surface area contributed by atoms with Crippen molar-refractivity contribution in [1.82, 2.24) is 0 Å². The molecule has 0 bridgehead atoms. The van der Waals surface area contributed by atoms with Crippen LogP contribution in [0.4, 0.5) is 14.5 Å². The van der Waals surface area contributed by atoms with E-state index in [4.69, 9.17) is 5.14 Å². The van der Waals surface area contributed by atoms with Crippen molar-refractivity contribution in [3.8, 4) is 0 Å². The molecule has 0 saturated heterocycles. The summed E-state index contributed by atoms with van der Waals surface area (Å²) in [5.41, 5.74) is -0.200. The van der Waals surface area contributed by atoms with Gasteiger partial charge in [0.25, 0.3) is 10.0 Å². The van der Waals surface area contributed by atoms with Crippen LogP contribution in [0.2, 0.25) is 0 Å². The summed E-state index contributed by atoms with van der Waals surface area (Å²) in [5, 5.41) is 4.92. The molecule has 2 rings (SSSR count). The molecule has 0 aliphatic carbocycles. The Labute approximate surface area is 125 Å². The van der Waals surface area contributed by atoms with Crippen LogP contribution >= 0.6 is 0 Å². The summed E-state index contributed by atoms with van der Waals surface area (Å²) < 4.78 is 75.5. The lowest BCUT2D eigenvalue weighted by Gasteiger charge is -2.10. The maximum Gasteiger partial charge on any atom is 0.267 e.